The number of aromatic amines is 2. The molecule has 60 heavy (non-hydrogen) atoms. The van der Waals surface area contributed by atoms with Crippen LogP contribution in [0.2, 0.25) is 0 Å². The first-order chi connectivity index (χ1) is 28.8. The van der Waals surface area contributed by atoms with E-state index in [1.54, 1.807) is 18.5 Å². The molecule has 2 fully saturated rings. The number of aliphatic hydroxyl groups excluding tert-OH is 2. The van der Waals surface area contributed by atoms with E-state index in [-0.39, 0.29) is 31.0 Å². The van der Waals surface area contributed by atoms with Gasteiger partial charge in [0.1, 0.15) is 24.7 Å². The van der Waals surface area contributed by atoms with Gasteiger partial charge in [-0.15, -0.1) is 10.2 Å². The zero-order chi connectivity index (χ0) is 43.7. The Bertz CT molecular complexity index is 2340. The molecule has 0 aliphatic carbocycles. The molecular weight excluding hydrogens is 788 g/mol. The number of unbranched alkanes of at least 4 members (excludes halogenated alkanes) is 4. The number of carbonyl (C=O) groups is 2. The maximum atomic E-state index is 12.5. The van der Waals surface area contributed by atoms with Gasteiger partial charge in [0, 0.05) is 36.4 Å². The van der Waals surface area contributed by atoms with Gasteiger partial charge in [0.25, 0.3) is 11.1 Å². The molecule has 2 saturated heterocycles. The monoisotopic (exact) mass is 842 g/mol. The zero-order valence-corrected chi connectivity index (χ0v) is 34.7. The van der Waals surface area contributed by atoms with E-state index < -0.39 is 71.2 Å². The van der Waals surface area contributed by atoms with Gasteiger partial charge < -0.3 is 29.2 Å². The number of aliphatic hydroxyl groups is 2. The summed E-state index contributed by atoms with van der Waals surface area (Å²) in [6, 6.07) is -0.984. The Labute approximate surface area is 343 Å². The highest BCUT2D eigenvalue weighted by Gasteiger charge is 2.42. The number of hydrogen-bond acceptors (Lipinski definition) is 16. The summed E-state index contributed by atoms with van der Waals surface area (Å²) in [7, 11) is 2.57. The molecule has 2 aliphatic heterocycles. The smallest absolute Gasteiger partial charge is 0.360 e. The van der Waals surface area contributed by atoms with Crippen LogP contribution in [0, 0.1) is 13.8 Å². The third kappa shape index (κ3) is 9.88. The van der Waals surface area contributed by atoms with Crippen LogP contribution in [0.15, 0.2) is 31.6 Å². The molecule has 0 aromatic carbocycles. The van der Waals surface area contributed by atoms with E-state index in [9.17, 15) is 39.0 Å². The summed E-state index contributed by atoms with van der Waals surface area (Å²) in [4.78, 5) is 76.9. The average Bonchev–Trinajstić information content (AvgIpc) is 4.05. The van der Waals surface area contributed by atoms with Crippen molar-refractivity contribution in [2.45, 2.75) is 129 Å². The molecule has 4 aromatic heterocycles. The van der Waals surface area contributed by atoms with E-state index in [2.05, 4.69) is 44.4 Å². The first kappa shape index (κ1) is 45.5. The van der Waals surface area contributed by atoms with Crippen molar-refractivity contribution in [2.24, 2.45) is 0 Å². The number of aryl methyl sites for hydroxylation is 3. The zero-order valence-electron chi connectivity index (χ0n) is 34.7. The molecule has 6 rings (SSSR count). The number of nitrogens with zero attached hydrogens (tertiary/aromatic N) is 8. The number of aromatic nitrogens is 10. The van der Waals surface area contributed by atoms with Crippen LogP contribution in [0.5, 0.6) is 0 Å². The fourth-order valence-corrected chi connectivity index (χ4v) is 7.40. The number of H-pyrrole nitrogens is 2. The minimum atomic E-state index is -0.742. The van der Waals surface area contributed by atoms with Crippen molar-refractivity contribution < 1.29 is 38.7 Å². The SMILES string of the molecule is CCCCCc1c(C(=O)OC)nnn1[C@H]1C[C@H](n2cc(C)c(=O)[nH]c2=O)O[C@@H]1CO.CCCCCc1nnn([C@H]2C[C@H](n3cc(C)c(=O)[nH]c3=O)O[C@@H]2CO)c1C(=O)OC. The molecule has 6 atom stereocenters. The second-order valence-electron chi connectivity index (χ2n) is 14.7. The van der Waals surface area contributed by atoms with Crippen molar-refractivity contribution >= 4 is 11.9 Å². The van der Waals surface area contributed by atoms with Crippen LogP contribution in [-0.2, 0) is 31.8 Å². The predicted molar refractivity (Wildman–Crippen MR) is 211 cm³/mol. The minimum absolute atomic E-state index is 0.144. The first-order valence-electron chi connectivity index (χ1n) is 20.0. The van der Waals surface area contributed by atoms with Gasteiger partial charge in [-0.05, 0) is 39.5 Å². The summed E-state index contributed by atoms with van der Waals surface area (Å²) in [6.45, 7) is 6.69. The molecule has 2 aliphatic rings. The van der Waals surface area contributed by atoms with Crippen molar-refractivity contribution in [2.75, 3.05) is 27.4 Å². The normalized spacial score (nSPS) is 21.1. The second kappa shape index (κ2) is 20.6. The lowest BCUT2D eigenvalue weighted by Gasteiger charge is -2.18. The standard InChI is InChI=1S/2C19H27N5O6/c1-4-5-6-7-12-16(18(27)29-3)21-22-24(12)13-8-15(30-14(13)10-25)23-9-11(2)17(26)20-19(23)28;1-4-5-6-7-12-16(18(27)29-3)24(22-21-12)13-8-15(30-14(13)10-25)23-9-11(2)17(26)20-19(23)28/h2*9,13-15,25H,4-8,10H2,1-3H3,(H,20,26,28)/t2*13-,14+,15+/m00/s1. The number of methoxy groups -OCH3 is 2. The molecule has 0 unspecified atom stereocenters. The summed E-state index contributed by atoms with van der Waals surface area (Å²) in [5.74, 6) is -1.14. The molecule has 22 heteroatoms. The maximum Gasteiger partial charge on any atom is 0.360 e. The van der Waals surface area contributed by atoms with Gasteiger partial charge in [-0.3, -0.25) is 28.7 Å². The molecule has 0 spiro atoms. The van der Waals surface area contributed by atoms with Crippen LogP contribution >= 0.6 is 0 Å². The molecule has 6 heterocycles. The number of hydrogen-bond donors (Lipinski definition) is 4. The van der Waals surface area contributed by atoms with E-state index in [1.807, 2.05) is 0 Å². The Balaban J connectivity index is 0.000000228. The molecule has 4 N–H and O–H groups in total. The third-order valence-electron chi connectivity index (χ3n) is 10.7. The quantitative estimate of drug-likeness (QED) is 0.0903. The summed E-state index contributed by atoms with van der Waals surface area (Å²) < 4.78 is 27.1. The van der Waals surface area contributed by atoms with Gasteiger partial charge in [-0.1, -0.05) is 50.0 Å². The maximum absolute atomic E-state index is 12.5. The van der Waals surface area contributed by atoms with Crippen LogP contribution in [0.4, 0.5) is 0 Å². The molecule has 4 aromatic rings. The summed E-state index contributed by atoms with van der Waals surface area (Å²) in [6.07, 6.45) is 7.45. The van der Waals surface area contributed by atoms with Gasteiger partial charge in [-0.2, -0.15) is 0 Å². The Morgan fingerprint density at radius 1 is 0.733 bits per heavy atom. The van der Waals surface area contributed by atoms with Gasteiger partial charge in [0.05, 0.1) is 50.9 Å². The highest BCUT2D eigenvalue weighted by molar-refractivity contribution is 5.89. The van der Waals surface area contributed by atoms with Gasteiger partial charge in [0.15, 0.2) is 11.4 Å². The first-order valence-corrected chi connectivity index (χ1v) is 20.0. The van der Waals surface area contributed by atoms with E-state index in [0.29, 0.717) is 41.8 Å². The number of ether oxygens (including phenoxy) is 4. The van der Waals surface area contributed by atoms with E-state index in [1.165, 1.54) is 40.4 Å². The summed E-state index contributed by atoms with van der Waals surface area (Å²) in [5.41, 5.74) is 0.127. The fraction of sp³-hybridized carbons (Fsp3) is 0.632. The molecule has 0 radical (unpaired) electrons. The van der Waals surface area contributed by atoms with Crippen molar-refractivity contribution in [1.82, 2.24) is 49.1 Å². The summed E-state index contributed by atoms with van der Waals surface area (Å²) >= 11 is 0. The average molecular weight is 843 g/mol. The van der Waals surface area contributed by atoms with E-state index >= 15 is 0 Å². The number of nitrogens with one attached hydrogen (secondary N) is 2. The molecule has 0 amide bonds. The number of rotatable bonds is 16. The van der Waals surface area contributed by atoms with Crippen LogP contribution in [-0.4, -0.2) is 111 Å². The highest BCUT2D eigenvalue weighted by atomic mass is 16.5. The number of carbonyl (C=O) groups excluding carboxylic acids is 2. The topological polar surface area (TPSA) is 283 Å². The van der Waals surface area contributed by atoms with Crippen LogP contribution in [0.1, 0.15) is 133 Å². The fourth-order valence-electron chi connectivity index (χ4n) is 7.40. The molecule has 22 nitrogen and oxygen atoms in total. The van der Waals surface area contributed by atoms with Crippen LogP contribution < -0.4 is 22.5 Å². The van der Waals surface area contributed by atoms with E-state index in [4.69, 9.17) is 18.9 Å². The Kier molecular flexibility index (Phi) is 15.6. The highest BCUT2D eigenvalue weighted by Crippen LogP contribution is 2.38. The van der Waals surface area contributed by atoms with Crippen molar-refractivity contribution in [1.29, 1.82) is 0 Å². The molecule has 0 bridgehead atoms. The van der Waals surface area contributed by atoms with Crippen LogP contribution in [0.3, 0.4) is 0 Å². The van der Waals surface area contributed by atoms with Gasteiger partial charge in [0.2, 0.25) is 0 Å². The largest absolute Gasteiger partial charge is 0.464 e. The van der Waals surface area contributed by atoms with Gasteiger partial charge >= 0.3 is 23.3 Å². The third-order valence-corrected chi connectivity index (χ3v) is 10.7. The Morgan fingerprint density at radius 3 is 1.70 bits per heavy atom. The lowest BCUT2D eigenvalue weighted by Crippen LogP contribution is -2.33. The predicted octanol–water partition coefficient (Wildman–Crippen LogP) is 0.954. The molecule has 328 valence electrons. The van der Waals surface area contributed by atoms with Crippen molar-refractivity contribution in [3.8, 4) is 0 Å². The molecule has 0 saturated carbocycles. The Hall–Kier alpha value is -5.58. The lowest BCUT2D eigenvalue weighted by atomic mass is 10.1. The van der Waals surface area contributed by atoms with Crippen LogP contribution in [0.25, 0.3) is 0 Å². The van der Waals surface area contributed by atoms with Crippen molar-refractivity contribution in [3.63, 3.8) is 0 Å². The molecular formula is C38H54N10O12. The van der Waals surface area contributed by atoms with E-state index in [0.717, 1.165) is 38.5 Å². The second-order valence-corrected chi connectivity index (χ2v) is 14.7. The van der Waals surface area contributed by atoms with Crippen molar-refractivity contribution in [3.05, 3.63) is 88.0 Å². The minimum Gasteiger partial charge on any atom is -0.464 e. The Morgan fingerprint density at radius 2 is 1.22 bits per heavy atom. The lowest BCUT2D eigenvalue weighted by molar-refractivity contribution is -0.0326. The summed E-state index contributed by atoms with van der Waals surface area (Å²) in [5, 5.41) is 36.2. The van der Waals surface area contributed by atoms with Gasteiger partial charge in [-0.25, -0.2) is 28.5 Å². The number of esters is 2.